The van der Waals surface area contributed by atoms with Crippen LogP contribution in [0.15, 0.2) is 24.3 Å². The Morgan fingerprint density at radius 2 is 2.07 bits per heavy atom. The first-order valence-electron chi connectivity index (χ1n) is 5.66. The molecule has 2 nitrogen and oxygen atoms in total. The van der Waals surface area contributed by atoms with E-state index in [9.17, 15) is 0 Å². The number of aliphatic hydroxyl groups is 1. The number of hydrogen-bond acceptors (Lipinski definition) is 2. The van der Waals surface area contributed by atoms with Crippen LogP contribution in [0.25, 0.3) is 0 Å². The Labute approximate surface area is 91.5 Å². The first kappa shape index (κ1) is 10.7. The molecule has 0 spiro atoms. The third-order valence-corrected chi connectivity index (χ3v) is 3.15. The summed E-state index contributed by atoms with van der Waals surface area (Å²) in [7, 11) is 0. The molecular formula is C13H19NO. The van der Waals surface area contributed by atoms with Crippen molar-refractivity contribution in [2.45, 2.75) is 19.9 Å². The minimum Gasteiger partial charge on any atom is -0.396 e. The molecule has 1 aliphatic heterocycles. The van der Waals surface area contributed by atoms with Crippen LogP contribution in [-0.2, 0) is 6.54 Å². The fourth-order valence-corrected chi connectivity index (χ4v) is 2.16. The van der Waals surface area contributed by atoms with E-state index in [4.69, 9.17) is 5.11 Å². The largest absolute Gasteiger partial charge is 0.396 e. The molecule has 1 atom stereocenters. The lowest BCUT2D eigenvalue weighted by atomic mass is 10.1. The molecule has 15 heavy (non-hydrogen) atoms. The monoisotopic (exact) mass is 205 g/mol. The second kappa shape index (κ2) is 4.77. The predicted molar refractivity (Wildman–Crippen MR) is 61.6 cm³/mol. The second-order valence-corrected chi connectivity index (χ2v) is 4.56. The van der Waals surface area contributed by atoms with Gasteiger partial charge in [-0.15, -0.1) is 0 Å². The Morgan fingerprint density at radius 3 is 2.67 bits per heavy atom. The Balaban J connectivity index is 1.90. The summed E-state index contributed by atoms with van der Waals surface area (Å²) in [6.45, 7) is 5.64. The summed E-state index contributed by atoms with van der Waals surface area (Å²) in [5.74, 6) is 0.496. The molecule has 0 saturated carbocycles. The van der Waals surface area contributed by atoms with Gasteiger partial charge in [-0.25, -0.2) is 0 Å². The predicted octanol–water partition coefficient (Wildman–Crippen LogP) is 1.81. The first-order valence-corrected chi connectivity index (χ1v) is 5.66. The highest BCUT2D eigenvalue weighted by Gasteiger charge is 2.21. The summed E-state index contributed by atoms with van der Waals surface area (Å²) in [6.07, 6.45) is 1.14. The van der Waals surface area contributed by atoms with Crippen molar-refractivity contribution in [1.29, 1.82) is 0 Å². The van der Waals surface area contributed by atoms with Gasteiger partial charge in [-0.3, -0.25) is 4.90 Å². The van der Waals surface area contributed by atoms with Crippen LogP contribution in [0, 0.1) is 12.8 Å². The fraction of sp³-hybridized carbons (Fsp3) is 0.538. The number of hydrogen-bond donors (Lipinski definition) is 1. The van der Waals surface area contributed by atoms with E-state index in [1.807, 2.05) is 0 Å². The number of benzene rings is 1. The molecule has 1 unspecified atom stereocenters. The molecule has 1 aromatic rings. The van der Waals surface area contributed by atoms with E-state index in [1.165, 1.54) is 11.1 Å². The van der Waals surface area contributed by atoms with Crippen molar-refractivity contribution in [1.82, 2.24) is 4.90 Å². The maximum absolute atomic E-state index is 9.06. The SMILES string of the molecule is Cc1ccc(CN2CCC(CO)C2)cc1. The minimum absolute atomic E-state index is 0.338. The molecule has 1 saturated heterocycles. The van der Waals surface area contributed by atoms with Crippen molar-refractivity contribution in [3.63, 3.8) is 0 Å². The second-order valence-electron chi connectivity index (χ2n) is 4.56. The van der Waals surface area contributed by atoms with Crippen molar-refractivity contribution in [3.8, 4) is 0 Å². The summed E-state index contributed by atoms with van der Waals surface area (Å²) in [5.41, 5.74) is 2.69. The van der Waals surface area contributed by atoms with E-state index in [2.05, 4.69) is 36.1 Å². The number of aliphatic hydroxyl groups excluding tert-OH is 1. The number of rotatable bonds is 3. The van der Waals surface area contributed by atoms with Crippen LogP contribution >= 0.6 is 0 Å². The van der Waals surface area contributed by atoms with Gasteiger partial charge >= 0.3 is 0 Å². The average molecular weight is 205 g/mol. The Kier molecular flexibility index (Phi) is 3.39. The number of nitrogens with zero attached hydrogens (tertiary/aromatic N) is 1. The summed E-state index contributed by atoms with van der Waals surface area (Å²) in [5, 5.41) is 9.06. The zero-order chi connectivity index (χ0) is 10.7. The Morgan fingerprint density at radius 1 is 1.33 bits per heavy atom. The van der Waals surface area contributed by atoms with Crippen molar-refractivity contribution >= 4 is 0 Å². The molecular weight excluding hydrogens is 186 g/mol. The molecule has 1 N–H and O–H groups in total. The molecule has 2 heteroatoms. The lowest BCUT2D eigenvalue weighted by molar-refractivity contribution is 0.220. The van der Waals surface area contributed by atoms with E-state index in [-0.39, 0.29) is 0 Å². The van der Waals surface area contributed by atoms with E-state index in [0.717, 1.165) is 26.1 Å². The van der Waals surface area contributed by atoms with Crippen LogP contribution in [0.3, 0.4) is 0 Å². The Hall–Kier alpha value is -0.860. The van der Waals surface area contributed by atoms with Crippen LogP contribution < -0.4 is 0 Å². The van der Waals surface area contributed by atoms with Crippen molar-refractivity contribution in [3.05, 3.63) is 35.4 Å². The van der Waals surface area contributed by atoms with Gasteiger partial charge in [-0.2, -0.15) is 0 Å². The minimum atomic E-state index is 0.338. The molecule has 0 aliphatic carbocycles. The Bertz CT molecular complexity index is 307. The average Bonchev–Trinajstić information content (AvgIpc) is 2.69. The highest BCUT2D eigenvalue weighted by molar-refractivity contribution is 5.21. The summed E-state index contributed by atoms with van der Waals surface area (Å²) < 4.78 is 0. The van der Waals surface area contributed by atoms with Crippen molar-refractivity contribution in [2.24, 2.45) is 5.92 Å². The maximum Gasteiger partial charge on any atom is 0.0471 e. The van der Waals surface area contributed by atoms with E-state index in [0.29, 0.717) is 12.5 Å². The van der Waals surface area contributed by atoms with Gasteiger partial charge in [-0.1, -0.05) is 29.8 Å². The highest BCUT2D eigenvalue weighted by atomic mass is 16.3. The zero-order valence-electron chi connectivity index (χ0n) is 9.32. The van der Waals surface area contributed by atoms with Crippen LogP contribution in [0.4, 0.5) is 0 Å². The van der Waals surface area contributed by atoms with Crippen LogP contribution in [0.5, 0.6) is 0 Å². The van der Waals surface area contributed by atoms with Gasteiger partial charge in [0.1, 0.15) is 0 Å². The fourth-order valence-electron chi connectivity index (χ4n) is 2.16. The van der Waals surface area contributed by atoms with Crippen molar-refractivity contribution in [2.75, 3.05) is 19.7 Å². The molecule has 0 bridgehead atoms. The van der Waals surface area contributed by atoms with Crippen molar-refractivity contribution < 1.29 is 5.11 Å². The summed E-state index contributed by atoms with van der Waals surface area (Å²) >= 11 is 0. The van der Waals surface area contributed by atoms with Gasteiger partial charge in [0.25, 0.3) is 0 Å². The van der Waals surface area contributed by atoms with E-state index >= 15 is 0 Å². The quantitative estimate of drug-likeness (QED) is 0.813. The molecule has 82 valence electrons. The first-order chi connectivity index (χ1) is 7.28. The molecule has 0 amide bonds. The normalized spacial score (nSPS) is 22.1. The lowest BCUT2D eigenvalue weighted by Gasteiger charge is -2.15. The van der Waals surface area contributed by atoms with Gasteiger partial charge in [0, 0.05) is 19.7 Å². The molecule has 1 fully saturated rings. The number of likely N-dealkylation sites (tertiary alicyclic amines) is 1. The van der Waals surface area contributed by atoms with Gasteiger partial charge < -0.3 is 5.11 Å². The van der Waals surface area contributed by atoms with Gasteiger partial charge in [0.2, 0.25) is 0 Å². The van der Waals surface area contributed by atoms with Gasteiger partial charge in [0.05, 0.1) is 0 Å². The summed E-state index contributed by atoms with van der Waals surface area (Å²) in [4.78, 5) is 2.42. The van der Waals surface area contributed by atoms with E-state index in [1.54, 1.807) is 0 Å². The number of aryl methyl sites for hydroxylation is 1. The highest BCUT2D eigenvalue weighted by Crippen LogP contribution is 2.18. The summed E-state index contributed by atoms with van der Waals surface area (Å²) in [6, 6.07) is 8.72. The van der Waals surface area contributed by atoms with Crippen LogP contribution in [0.2, 0.25) is 0 Å². The van der Waals surface area contributed by atoms with E-state index < -0.39 is 0 Å². The molecule has 1 heterocycles. The smallest absolute Gasteiger partial charge is 0.0471 e. The third-order valence-electron chi connectivity index (χ3n) is 3.15. The lowest BCUT2D eigenvalue weighted by Crippen LogP contribution is -2.20. The maximum atomic E-state index is 9.06. The van der Waals surface area contributed by atoms with Crippen LogP contribution in [-0.4, -0.2) is 29.7 Å². The molecule has 0 aromatic heterocycles. The molecule has 2 rings (SSSR count). The topological polar surface area (TPSA) is 23.5 Å². The molecule has 0 radical (unpaired) electrons. The standard InChI is InChI=1S/C13H19NO/c1-11-2-4-12(5-3-11)8-14-7-6-13(9-14)10-15/h2-5,13,15H,6-10H2,1H3. The van der Waals surface area contributed by atoms with Gasteiger partial charge in [0.15, 0.2) is 0 Å². The third kappa shape index (κ3) is 2.80. The zero-order valence-corrected chi connectivity index (χ0v) is 9.32. The molecule has 1 aromatic carbocycles. The van der Waals surface area contributed by atoms with Gasteiger partial charge in [-0.05, 0) is 31.4 Å². The van der Waals surface area contributed by atoms with Crippen LogP contribution in [0.1, 0.15) is 17.5 Å². The molecule has 1 aliphatic rings.